The van der Waals surface area contributed by atoms with Gasteiger partial charge >= 0.3 is 11.9 Å². The standard InChI is InChI=1S/C52H94NO8P/c1-6-8-10-12-14-16-18-20-21-22-23-24-25-26-27-28-29-30-31-33-34-36-38-40-42-44-51(54)58-48-50(49-60-62(56,57)59-47-46-53(3,4)5)61-52(55)45-43-41-39-37-35-32-19-17-15-13-11-9-7-2/h9,11,15,17,22-23,32,35,39,41,50H,6-8,10,12-14,16,18-21,24-31,33-34,36-38,40,42-49H2,1-5H3/b11-9-,17-15-,23-22-,35-32-,41-39-. The third-order valence-corrected chi connectivity index (χ3v) is 11.5. The molecular weight excluding hydrogens is 798 g/mol. The van der Waals surface area contributed by atoms with Crippen LogP contribution in [0.4, 0.5) is 0 Å². The number of carbonyl (C=O) groups is 2. The highest BCUT2D eigenvalue weighted by atomic mass is 31.2. The average Bonchev–Trinajstić information content (AvgIpc) is 3.23. The molecule has 0 bridgehead atoms. The Hall–Kier alpha value is -2.29. The summed E-state index contributed by atoms with van der Waals surface area (Å²) in [6, 6.07) is 0. The van der Waals surface area contributed by atoms with E-state index in [2.05, 4.69) is 62.5 Å². The number of carbonyl (C=O) groups excluding carboxylic acids is 2. The number of esters is 2. The zero-order chi connectivity index (χ0) is 45.7. The van der Waals surface area contributed by atoms with E-state index >= 15 is 0 Å². The average molecular weight is 892 g/mol. The normalized spacial score (nSPS) is 14.0. The van der Waals surface area contributed by atoms with E-state index < -0.39 is 32.5 Å². The van der Waals surface area contributed by atoms with Crippen LogP contribution in [0.5, 0.6) is 0 Å². The molecule has 2 atom stereocenters. The number of rotatable bonds is 45. The van der Waals surface area contributed by atoms with Crippen LogP contribution in [0.1, 0.15) is 206 Å². The van der Waals surface area contributed by atoms with Crippen LogP contribution in [0, 0.1) is 0 Å². The smallest absolute Gasteiger partial charge is 0.306 e. The Morgan fingerprint density at radius 1 is 0.516 bits per heavy atom. The molecule has 0 saturated heterocycles. The molecule has 0 saturated carbocycles. The van der Waals surface area contributed by atoms with Crippen LogP contribution >= 0.6 is 7.82 Å². The van der Waals surface area contributed by atoms with Gasteiger partial charge in [0.15, 0.2) is 6.10 Å². The molecule has 62 heavy (non-hydrogen) atoms. The minimum atomic E-state index is -4.65. The first kappa shape index (κ1) is 59.7. The second-order valence-electron chi connectivity index (χ2n) is 17.8. The predicted octanol–water partition coefficient (Wildman–Crippen LogP) is 14.2. The van der Waals surface area contributed by atoms with Gasteiger partial charge < -0.3 is 27.9 Å². The first-order valence-electron chi connectivity index (χ1n) is 25.0. The Morgan fingerprint density at radius 2 is 0.952 bits per heavy atom. The Morgan fingerprint density at radius 3 is 1.44 bits per heavy atom. The highest BCUT2D eigenvalue weighted by Crippen LogP contribution is 2.38. The molecule has 9 nitrogen and oxygen atoms in total. The fourth-order valence-corrected chi connectivity index (χ4v) is 7.39. The first-order valence-corrected chi connectivity index (χ1v) is 26.5. The van der Waals surface area contributed by atoms with E-state index in [9.17, 15) is 19.0 Å². The number of likely N-dealkylation sites (N-methyl/N-ethyl adjacent to an activating group) is 1. The minimum absolute atomic E-state index is 0.0450. The van der Waals surface area contributed by atoms with Crippen LogP contribution in [-0.4, -0.2) is 70.0 Å². The zero-order valence-electron chi connectivity index (χ0n) is 40.6. The van der Waals surface area contributed by atoms with Crippen molar-refractivity contribution in [2.75, 3.05) is 47.5 Å². The van der Waals surface area contributed by atoms with Gasteiger partial charge in [-0.3, -0.25) is 14.2 Å². The quantitative estimate of drug-likeness (QED) is 0.0195. The fraction of sp³-hybridized carbons (Fsp3) is 0.769. The van der Waals surface area contributed by atoms with E-state index in [4.69, 9.17) is 18.5 Å². The lowest BCUT2D eigenvalue weighted by atomic mass is 10.0. The first-order chi connectivity index (χ1) is 30.0. The zero-order valence-corrected chi connectivity index (χ0v) is 41.4. The summed E-state index contributed by atoms with van der Waals surface area (Å²) < 4.78 is 33.9. The van der Waals surface area contributed by atoms with Crippen LogP contribution in [0.15, 0.2) is 60.8 Å². The number of quaternary nitrogens is 1. The highest BCUT2D eigenvalue weighted by molar-refractivity contribution is 7.45. The van der Waals surface area contributed by atoms with Crippen LogP contribution in [0.25, 0.3) is 0 Å². The number of hydrogen-bond acceptors (Lipinski definition) is 8. The Bertz CT molecular complexity index is 1240. The number of phosphoric ester groups is 1. The number of phosphoric acid groups is 1. The number of nitrogens with zero attached hydrogens (tertiary/aromatic N) is 1. The molecule has 0 aliphatic rings. The van der Waals surface area contributed by atoms with Gasteiger partial charge in [0.05, 0.1) is 27.7 Å². The van der Waals surface area contributed by atoms with Crippen molar-refractivity contribution in [2.24, 2.45) is 0 Å². The Kier molecular flexibility index (Phi) is 42.3. The molecule has 0 aromatic heterocycles. The summed E-state index contributed by atoms with van der Waals surface area (Å²) in [7, 11) is 1.12. The molecule has 0 aromatic carbocycles. The van der Waals surface area contributed by atoms with Crippen LogP contribution < -0.4 is 4.89 Å². The molecule has 0 radical (unpaired) electrons. The molecule has 2 unspecified atom stereocenters. The van der Waals surface area contributed by atoms with Crippen molar-refractivity contribution in [3.63, 3.8) is 0 Å². The van der Waals surface area contributed by atoms with Crippen molar-refractivity contribution in [1.29, 1.82) is 0 Å². The van der Waals surface area contributed by atoms with Gasteiger partial charge in [0.1, 0.15) is 19.8 Å². The maximum Gasteiger partial charge on any atom is 0.306 e. The van der Waals surface area contributed by atoms with Gasteiger partial charge in [0.25, 0.3) is 7.82 Å². The number of ether oxygens (including phenoxy) is 2. The summed E-state index contributed by atoms with van der Waals surface area (Å²) in [5.74, 6) is -0.928. The molecule has 0 amide bonds. The molecule has 360 valence electrons. The fourth-order valence-electron chi connectivity index (χ4n) is 6.66. The van der Waals surface area contributed by atoms with Gasteiger partial charge in [-0.25, -0.2) is 0 Å². The molecule has 10 heteroatoms. The number of hydrogen-bond donors (Lipinski definition) is 0. The molecule has 0 N–H and O–H groups in total. The van der Waals surface area contributed by atoms with Gasteiger partial charge in [0, 0.05) is 12.8 Å². The van der Waals surface area contributed by atoms with Crippen molar-refractivity contribution in [2.45, 2.75) is 213 Å². The van der Waals surface area contributed by atoms with Crippen molar-refractivity contribution in [3.05, 3.63) is 60.8 Å². The topological polar surface area (TPSA) is 111 Å². The van der Waals surface area contributed by atoms with Crippen LogP contribution in [0.3, 0.4) is 0 Å². The third-order valence-electron chi connectivity index (χ3n) is 10.5. The monoisotopic (exact) mass is 892 g/mol. The van der Waals surface area contributed by atoms with Gasteiger partial charge in [0.2, 0.25) is 0 Å². The van der Waals surface area contributed by atoms with E-state index in [0.29, 0.717) is 17.4 Å². The lowest BCUT2D eigenvalue weighted by Gasteiger charge is -2.28. The Labute approximate surface area is 381 Å². The summed E-state index contributed by atoms with van der Waals surface area (Å²) in [5, 5.41) is 0. The molecule has 0 heterocycles. The van der Waals surface area contributed by atoms with E-state index in [1.807, 2.05) is 33.3 Å². The maximum absolute atomic E-state index is 12.6. The molecular formula is C52H94NO8P. The predicted molar refractivity (Wildman–Crippen MR) is 259 cm³/mol. The third kappa shape index (κ3) is 47.2. The van der Waals surface area contributed by atoms with Gasteiger partial charge in [-0.1, -0.05) is 190 Å². The van der Waals surface area contributed by atoms with Crippen molar-refractivity contribution in [1.82, 2.24) is 0 Å². The van der Waals surface area contributed by atoms with E-state index in [1.54, 1.807) is 0 Å². The van der Waals surface area contributed by atoms with E-state index in [1.165, 1.54) is 128 Å². The van der Waals surface area contributed by atoms with Crippen LogP contribution in [0.2, 0.25) is 0 Å². The van der Waals surface area contributed by atoms with Crippen molar-refractivity contribution >= 4 is 19.8 Å². The summed E-state index contributed by atoms with van der Waals surface area (Å²) in [6.07, 6.45) is 54.3. The maximum atomic E-state index is 12.6. The Balaban J connectivity index is 4.21. The molecule has 0 aliphatic carbocycles. The second-order valence-corrected chi connectivity index (χ2v) is 19.2. The molecule has 0 aromatic rings. The molecule has 0 aliphatic heterocycles. The van der Waals surface area contributed by atoms with Gasteiger partial charge in [-0.05, 0) is 64.2 Å². The van der Waals surface area contributed by atoms with Gasteiger partial charge in [-0.15, -0.1) is 0 Å². The molecule has 0 rings (SSSR count). The van der Waals surface area contributed by atoms with E-state index in [0.717, 1.165) is 44.9 Å². The number of unbranched alkanes of at least 4 members (excludes halogenated alkanes) is 21. The number of allylic oxidation sites excluding steroid dienone is 10. The SMILES string of the molecule is CC/C=C\C/C=C\C/C=C\C/C=C\CCC(=O)OC(COC(=O)CCCCCCCCCCCCCCC/C=C\CCCCCCCCCC)COP(=O)([O-])OCC[N+](C)(C)C. The minimum Gasteiger partial charge on any atom is -0.756 e. The summed E-state index contributed by atoms with van der Waals surface area (Å²) in [5.41, 5.74) is 0. The molecule has 0 spiro atoms. The van der Waals surface area contributed by atoms with Crippen molar-refractivity contribution in [3.8, 4) is 0 Å². The largest absolute Gasteiger partial charge is 0.756 e. The lowest BCUT2D eigenvalue weighted by molar-refractivity contribution is -0.870. The molecule has 0 fully saturated rings. The van der Waals surface area contributed by atoms with Gasteiger partial charge in [-0.2, -0.15) is 0 Å². The lowest BCUT2D eigenvalue weighted by Crippen LogP contribution is -2.37. The van der Waals surface area contributed by atoms with Crippen LogP contribution in [-0.2, 0) is 32.7 Å². The summed E-state index contributed by atoms with van der Waals surface area (Å²) in [6.45, 7) is 4.03. The van der Waals surface area contributed by atoms with Crippen molar-refractivity contribution < 1.29 is 42.1 Å². The summed E-state index contributed by atoms with van der Waals surface area (Å²) >= 11 is 0. The summed E-state index contributed by atoms with van der Waals surface area (Å²) in [4.78, 5) is 37.6. The second kappa shape index (κ2) is 43.9. The highest BCUT2D eigenvalue weighted by Gasteiger charge is 2.21. The van der Waals surface area contributed by atoms with E-state index in [-0.39, 0.29) is 26.1 Å².